The molecule has 4 heterocycles. The van der Waals surface area contributed by atoms with E-state index in [2.05, 4.69) is 0 Å². The van der Waals surface area contributed by atoms with Gasteiger partial charge in [-0.05, 0) is 50.0 Å². The molecule has 1 amide bonds. The molecule has 0 radical (unpaired) electrons. The van der Waals surface area contributed by atoms with Crippen molar-refractivity contribution in [3.05, 3.63) is 21.4 Å². The van der Waals surface area contributed by atoms with E-state index in [0.29, 0.717) is 19.6 Å². The Morgan fingerprint density at radius 3 is 2.75 bits per heavy atom. The average molecular weight is 369 g/mol. The van der Waals surface area contributed by atoms with E-state index < -0.39 is 10.0 Å². The molecule has 3 fully saturated rings. The van der Waals surface area contributed by atoms with Gasteiger partial charge in [0, 0.05) is 35.9 Å². The van der Waals surface area contributed by atoms with E-state index >= 15 is 0 Å². The molecule has 7 heteroatoms. The van der Waals surface area contributed by atoms with Crippen LogP contribution in [0.1, 0.15) is 46.5 Å². The number of carbonyl (C=O) groups excluding carboxylic acids is 1. The molecular weight excluding hydrogens is 344 g/mol. The first kappa shape index (κ1) is 16.5. The first-order chi connectivity index (χ1) is 11.4. The molecule has 0 N–H and O–H groups in total. The maximum atomic E-state index is 13.2. The smallest absolute Gasteiger partial charge is 0.255 e. The Morgan fingerprint density at radius 2 is 1.96 bits per heavy atom. The molecule has 0 aromatic carbocycles. The molecule has 132 valence electrons. The van der Waals surface area contributed by atoms with Crippen molar-refractivity contribution >= 4 is 27.3 Å². The summed E-state index contributed by atoms with van der Waals surface area (Å²) < 4.78 is 25.5. The highest BCUT2D eigenvalue weighted by Gasteiger charge is 2.40. The van der Waals surface area contributed by atoms with Gasteiger partial charge in [-0.1, -0.05) is 0 Å². The number of piperidine rings is 1. The van der Waals surface area contributed by atoms with E-state index in [0.717, 1.165) is 37.7 Å². The molecular formula is C17H24N2O3S2. The van der Waals surface area contributed by atoms with Crippen LogP contribution in [0.3, 0.4) is 0 Å². The zero-order valence-electron chi connectivity index (χ0n) is 14.0. The van der Waals surface area contributed by atoms with Crippen molar-refractivity contribution in [3.8, 4) is 0 Å². The Morgan fingerprint density at radius 1 is 1.17 bits per heavy atom. The third-order valence-corrected chi connectivity index (χ3v) is 8.03. The van der Waals surface area contributed by atoms with E-state index in [9.17, 15) is 13.2 Å². The molecule has 3 saturated heterocycles. The highest BCUT2D eigenvalue weighted by atomic mass is 32.2. The second kappa shape index (κ2) is 6.11. The molecule has 5 nitrogen and oxygen atoms in total. The van der Waals surface area contributed by atoms with E-state index in [1.165, 1.54) is 23.1 Å². The number of amides is 1. The molecule has 0 spiro atoms. The fourth-order valence-corrected chi connectivity index (χ4v) is 6.43. The van der Waals surface area contributed by atoms with Gasteiger partial charge in [-0.15, -0.1) is 11.3 Å². The van der Waals surface area contributed by atoms with Gasteiger partial charge in [-0.25, -0.2) is 8.42 Å². The second-order valence-corrected chi connectivity index (χ2v) is 10.3. The summed E-state index contributed by atoms with van der Waals surface area (Å²) in [5.74, 6) is 0.385. The number of fused-ring (bicyclic) bond motifs is 5. The average Bonchev–Trinajstić information content (AvgIpc) is 2.74. The maximum absolute atomic E-state index is 13.2. The van der Waals surface area contributed by atoms with Gasteiger partial charge in [0.15, 0.2) is 0 Å². The predicted octanol–water partition coefficient (Wildman–Crippen LogP) is 2.12. The summed E-state index contributed by atoms with van der Waals surface area (Å²) in [6.45, 7) is 1.70. The summed E-state index contributed by atoms with van der Waals surface area (Å²) in [7, 11) is -3.19. The van der Waals surface area contributed by atoms with Crippen LogP contribution < -0.4 is 0 Å². The summed E-state index contributed by atoms with van der Waals surface area (Å²) in [4.78, 5) is 16.5. The number of hydrogen-bond acceptors (Lipinski definition) is 4. The Balaban J connectivity index is 1.61. The molecule has 0 unspecified atom stereocenters. The fraction of sp³-hybridized carbons (Fsp3) is 0.706. The Hall–Kier alpha value is -0.920. The lowest BCUT2D eigenvalue weighted by molar-refractivity contribution is 0.0588. The third-order valence-electron chi connectivity index (χ3n) is 5.70. The number of rotatable bonds is 2. The van der Waals surface area contributed by atoms with Crippen LogP contribution in [0, 0.1) is 5.92 Å². The quantitative estimate of drug-likeness (QED) is 0.803. The van der Waals surface area contributed by atoms with E-state index in [-0.39, 0.29) is 17.9 Å². The van der Waals surface area contributed by atoms with Crippen molar-refractivity contribution < 1.29 is 13.2 Å². The minimum Gasteiger partial charge on any atom is -0.334 e. The third kappa shape index (κ3) is 2.91. The first-order valence-corrected chi connectivity index (χ1v) is 11.5. The molecule has 5 rings (SSSR count). The number of sulfonamides is 1. The summed E-state index contributed by atoms with van der Waals surface area (Å²) in [5, 5.41) is 2.03. The van der Waals surface area contributed by atoms with Gasteiger partial charge in [0.05, 0.1) is 11.8 Å². The van der Waals surface area contributed by atoms with Crippen molar-refractivity contribution in [1.82, 2.24) is 9.21 Å². The van der Waals surface area contributed by atoms with Gasteiger partial charge in [0.1, 0.15) is 0 Å². The Labute approximate surface area is 147 Å². The van der Waals surface area contributed by atoms with Crippen molar-refractivity contribution in [2.24, 2.45) is 5.92 Å². The van der Waals surface area contributed by atoms with E-state index in [1.54, 1.807) is 15.6 Å². The zero-order valence-corrected chi connectivity index (χ0v) is 15.7. The van der Waals surface area contributed by atoms with Crippen LogP contribution >= 0.6 is 11.3 Å². The molecule has 0 saturated carbocycles. The number of hydrogen-bond donors (Lipinski definition) is 0. The number of thiophene rings is 1. The first-order valence-electron chi connectivity index (χ1n) is 8.79. The standard InChI is InChI=1S/C17H24N2O3S2/c1-24(21,22)18-8-12-6-7-13(10-18)19(9-12)17(20)15-11-23-16-5-3-2-4-14(15)16/h11-13H,2-10H2,1H3/t12-,13+/m0/s1. The molecule has 2 atom stereocenters. The van der Waals surface area contributed by atoms with Crippen LogP contribution in [0.5, 0.6) is 0 Å². The molecule has 4 aliphatic rings. The minimum atomic E-state index is -3.19. The monoisotopic (exact) mass is 368 g/mol. The molecule has 24 heavy (non-hydrogen) atoms. The second-order valence-electron chi connectivity index (χ2n) is 7.39. The number of aryl methyl sites for hydroxylation is 1. The Bertz CT molecular complexity index is 756. The summed E-state index contributed by atoms with van der Waals surface area (Å²) in [5.41, 5.74) is 2.14. The lowest BCUT2D eigenvalue weighted by Crippen LogP contribution is -2.47. The van der Waals surface area contributed by atoms with Gasteiger partial charge in [0.2, 0.25) is 10.0 Å². The molecule has 1 aromatic heterocycles. The van der Waals surface area contributed by atoms with E-state index in [4.69, 9.17) is 0 Å². The zero-order chi connectivity index (χ0) is 16.9. The highest BCUT2D eigenvalue weighted by Crippen LogP contribution is 2.34. The van der Waals surface area contributed by atoms with Crippen LogP contribution in [-0.2, 0) is 22.9 Å². The van der Waals surface area contributed by atoms with E-state index in [1.807, 2.05) is 10.3 Å². The van der Waals surface area contributed by atoms with Gasteiger partial charge >= 0.3 is 0 Å². The SMILES string of the molecule is CS(=O)(=O)N1C[C@@H]2CC[C@H](C1)N(C(=O)c1csc3c1CCCC3)C2. The minimum absolute atomic E-state index is 0.0186. The van der Waals surface area contributed by atoms with Crippen LogP contribution in [0.15, 0.2) is 5.38 Å². The maximum Gasteiger partial charge on any atom is 0.255 e. The molecule has 3 aliphatic heterocycles. The lowest BCUT2D eigenvalue weighted by Gasteiger charge is -2.36. The van der Waals surface area contributed by atoms with Crippen molar-refractivity contribution in [1.29, 1.82) is 0 Å². The van der Waals surface area contributed by atoms with Gasteiger partial charge in [-0.3, -0.25) is 4.79 Å². The topological polar surface area (TPSA) is 57.7 Å². The van der Waals surface area contributed by atoms with Crippen molar-refractivity contribution in [3.63, 3.8) is 0 Å². The summed E-state index contributed by atoms with van der Waals surface area (Å²) in [6, 6.07) is 0.0186. The molecule has 2 bridgehead atoms. The lowest BCUT2D eigenvalue weighted by atomic mass is 9.92. The molecule has 1 aromatic rings. The largest absolute Gasteiger partial charge is 0.334 e. The fourth-order valence-electron chi connectivity index (χ4n) is 4.39. The van der Waals surface area contributed by atoms with Crippen LogP contribution in [0.4, 0.5) is 0 Å². The summed E-state index contributed by atoms with van der Waals surface area (Å²) >= 11 is 1.72. The van der Waals surface area contributed by atoms with Gasteiger partial charge in [0.25, 0.3) is 5.91 Å². The van der Waals surface area contributed by atoms with Crippen molar-refractivity contribution in [2.75, 3.05) is 25.9 Å². The van der Waals surface area contributed by atoms with Crippen molar-refractivity contribution in [2.45, 2.75) is 44.6 Å². The van der Waals surface area contributed by atoms with Gasteiger partial charge < -0.3 is 4.90 Å². The number of nitrogens with zero attached hydrogens (tertiary/aromatic N) is 2. The predicted molar refractivity (Wildman–Crippen MR) is 94.9 cm³/mol. The highest BCUT2D eigenvalue weighted by molar-refractivity contribution is 7.88. The normalized spacial score (nSPS) is 27.8. The van der Waals surface area contributed by atoms with Crippen LogP contribution in [-0.4, -0.2) is 55.5 Å². The summed E-state index contributed by atoms with van der Waals surface area (Å²) in [6.07, 6.45) is 7.70. The number of carbonyl (C=O) groups is 1. The van der Waals surface area contributed by atoms with Crippen LogP contribution in [0.2, 0.25) is 0 Å². The Kier molecular flexibility index (Phi) is 4.21. The molecule has 1 aliphatic carbocycles. The van der Waals surface area contributed by atoms with Gasteiger partial charge in [-0.2, -0.15) is 4.31 Å². The van der Waals surface area contributed by atoms with Crippen LogP contribution in [0.25, 0.3) is 0 Å².